The first-order valence-corrected chi connectivity index (χ1v) is 5.56. The van der Waals surface area contributed by atoms with Gasteiger partial charge in [0, 0.05) is 0 Å². The molecule has 0 aromatic rings. The molecule has 0 aliphatic carbocycles. The molecule has 84 valence electrons. The summed E-state index contributed by atoms with van der Waals surface area (Å²) >= 11 is 0. The Labute approximate surface area is 93.6 Å². The van der Waals surface area contributed by atoms with Gasteiger partial charge in [0.1, 0.15) is 0 Å². The van der Waals surface area contributed by atoms with Crippen LogP contribution in [0.25, 0.3) is 0 Å². The molecule has 1 nitrogen and oxygen atoms in total. The topological polar surface area (TPSA) is 17.1 Å². The first kappa shape index (κ1) is 13.9. The minimum absolute atomic E-state index is 0.0979. The Morgan fingerprint density at radius 3 is 2.33 bits per heavy atom. The molecule has 0 saturated heterocycles. The second-order valence-electron chi connectivity index (χ2n) is 3.93. The van der Waals surface area contributed by atoms with E-state index in [-0.39, 0.29) is 5.78 Å². The molecule has 0 spiro atoms. The third kappa shape index (κ3) is 9.20. The molecule has 0 heterocycles. The van der Waals surface area contributed by atoms with Crippen molar-refractivity contribution in [2.24, 2.45) is 0 Å². The third-order valence-electron chi connectivity index (χ3n) is 2.30. The SMILES string of the molecule is CCC(C)=CCCC(C)=CC=CC(C)=O. The van der Waals surface area contributed by atoms with Crippen molar-refractivity contribution < 1.29 is 4.79 Å². The molecular weight excluding hydrogens is 184 g/mol. The molecule has 0 N–H and O–H groups in total. The van der Waals surface area contributed by atoms with E-state index >= 15 is 0 Å². The average molecular weight is 206 g/mol. The van der Waals surface area contributed by atoms with Crippen LogP contribution in [0, 0.1) is 0 Å². The van der Waals surface area contributed by atoms with Gasteiger partial charge in [0.05, 0.1) is 0 Å². The van der Waals surface area contributed by atoms with Crippen molar-refractivity contribution >= 4 is 5.78 Å². The van der Waals surface area contributed by atoms with Crippen LogP contribution in [0.1, 0.15) is 47.0 Å². The number of hydrogen-bond acceptors (Lipinski definition) is 1. The van der Waals surface area contributed by atoms with Gasteiger partial charge in [-0.2, -0.15) is 0 Å². The highest BCUT2D eigenvalue weighted by atomic mass is 16.1. The van der Waals surface area contributed by atoms with Crippen LogP contribution in [0.4, 0.5) is 0 Å². The van der Waals surface area contributed by atoms with Crippen LogP contribution in [0.15, 0.2) is 35.5 Å². The zero-order valence-electron chi connectivity index (χ0n) is 10.3. The Morgan fingerprint density at radius 1 is 1.13 bits per heavy atom. The van der Waals surface area contributed by atoms with Gasteiger partial charge in [0.2, 0.25) is 0 Å². The Bertz CT molecular complexity index is 280. The zero-order chi connectivity index (χ0) is 11.7. The maximum Gasteiger partial charge on any atom is 0.152 e. The predicted molar refractivity (Wildman–Crippen MR) is 66.9 cm³/mol. The van der Waals surface area contributed by atoms with Gasteiger partial charge in [-0.15, -0.1) is 0 Å². The highest BCUT2D eigenvalue weighted by molar-refractivity contribution is 5.87. The number of ketones is 1. The summed E-state index contributed by atoms with van der Waals surface area (Å²) < 4.78 is 0. The lowest BCUT2D eigenvalue weighted by atomic mass is 10.1. The van der Waals surface area contributed by atoms with Crippen LogP contribution in [-0.4, -0.2) is 5.78 Å². The summed E-state index contributed by atoms with van der Waals surface area (Å²) in [6.45, 7) is 7.99. The van der Waals surface area contributed by atoms with E-state index < -0.39 is 0 Å². The standard InChI is InChI=1S/C14H22O/c1-5-12(2)8-6-9-13(3)10-7-11-14(4)15/h7-8,10-11H,5-6,9H2,1-4H3. The van der Waals surface area contributed by atoms with E-state index in [1.807, 2.05) is 12.2 Å². The number of carbonyl (C=O) groups is 1. The van der Waals surface area contributed by atoms with Crippen LogP contribution in [0.2, 0.25) is 0 Å². The summed E-state index contributed by atoms with van der Waals surface area (Å²) in [6.07, 6.45) is 11.0. The lowest BCUT2D eigenvalue weighted by Gasteiger charge is -1.97. The summed E-state index contributed by atoms with van der Waals surface area (Å²) in [5.74, 6) is 0.0979. The van der Waals surface area contributed by atoms with Crippen molar-refractivity contribution in [3.8, 4) is 0 Å². The molecule has 0 radical (unpaired) electrons. The van der Waals surface area contributed by atoms with E-state index in [2.05, 4.69) is 26.8 Å². The van der Waals surface area contributed by atoms with Crippen molar-refractivity contribution in [3.63, 3.8) is 0 Å². The first-order chi connectivity index (χ1) is 7.06. The predicted octanol–water partition coefficient (Wildman–Crippen LogP) is 4.21. The molecule has 0 saturated carbocycles. The second-order valence-corrected chi connectivity index (χ2v) is 3.93. The van der Waals surface area contributed by atoms with Crippen LogP contribution in [0.5, 0.6) is 0 Å². The van der Waals surface area contributed by atoms with Crippen molar-refractivity contribution in [1.82, 2.24) is 0 Å². The molecule has 0 aromatic heterocycles. The van der Waals surface area contributed by atoms with Gasteiger partial charge in [-0.25, -0.2) is 0 Å². The number of allylic oxidation sites excluding steroid dienone is 6. The van der Waals surface area contributed by atoms with E-state index in [0.717, 1.165) is 19.3 Å². The van der Waals surface area contributed by atoms with E-state index in [9.17, 15) is 4.79 Å². The highest BCUT2D eigenvalue weighted by Gasteiger charge is 1.88. The van der Waals surface area contributed by atoms with Gasteiger partial charge in [-0.1, -0.05) is 36.3 Å². The third-order valence-corrected chi connectivity index (χ3v) is 2.30. The number of hydrogen-bond donors (Lipinski definition) is 0. The molecule has 0 aliphatic heterocycles. The van der Waals surface area contributed by atoms with Crippen LogP contribution in [-0.2, 0) is 4.79 Å². The molecule has 0 aliphatic rings. The van der Waals surface area contributed by atoms with Gasteiger partial charge in [-0.05, 0) is 46.1 Å². The molecule has 0 aromatic carbocycles. The molecule has 0 unspecified atom stereocenters. The van der Waals surface area contributed by atoms with E-state index in [1.165, 1.54) is 11.1 Å². The fraction of sp³-hybridized carbons (Fsp3) is 0.500. The molecular formula is C14H22O. The van der Waals surface area contributed by atoms with Gasteiger partial charge < -0.3 is 0 Å². The Hall–Kier alpha value is -1.11. The first-order valence-electron chi connectivity index (χ1n) is 5.56. The second kappa shape index (κ2) is 8.22. The molecule has 0 bridgehead atoms. The van der Waals surface area contributed by atoms with Gasteiger partial charge >= 0.3 is 0 Å². The Balaban J connectivity index is 3.93. The quantitative estimate of drug-likeness (QED) is 0.361. The van der Waals surface area contributed by atoms with Gasteiger partial charge in [0.25, 0.3) is 0 Å². The normalized spacial score (nSPS) is 13.6. The maximum atomic E-state index is 10.6. The molecule has 0 atom stereocenters. The van der Waals surface area contributed by atoms with Crippen LogP contribution in [0.3, 0.4) is 0 Å². The highest BCUT2D eigenvalue weighted by Crippen LogP contribution is 2.08. The van der Waals surface area contributed by atoms with Gasteiger partial charge in [-0.3, -0.25) is 4.79 Å². The van der Waals surface area contributed by atoms with Crippen molar-refractivity contribution in [2.45, 2.75) is 47.0 Å². The zero-order valence-corrected chi connectivity index (χ0v) is 10.3. The fourth-order valence-electron chi connectivity index (χ4n) is 1.12. The van der Waals surface area contributed by atoms with Gasteiger partial charge in [0.15, 0.2) is 5.78 Å². The fourth-order valence-corrected chi connectivity index (χ4v) is 1.12. The van der Waals surface area contributed by atoms with E-state index in [1.54, 1.807) is 13.0 Å². The number of rotatable bonds is 6. The molecule has 0 fully saturated rings. The van der Waals surface area contributed by atoms with Crippen molar-refractivity contribution in [1.29, 1.82) is 0 Å². The summed E-state index contributed by atoms with van der Waals surface area (Å²) in [6, 6.07) is 0. The van der Waals surface area contributed by atoms with Crippen molar-refractivity contribution in [3.05, 3.63) is 35.5 Å². The molecule has 0 rings (SSSR count). The Kier molecular flexibility index (Phi) is 7.61. The van der Waals surface area contributed by atoms with Crippen LogP contribution >= 0.6 is 0 Å². The Morgan fingerprint density at radius 2 is 1.80 bits per heavy atom. The smallest absolute Gasteiger partial charge is 0.152 e. The summed E-state index contributed by atoms with van der Waals surface area (Å²) in [5.41, 5.74) is 2.76. The molecule has 1 heteroatoms. The van der Waals surface area contributed by atoms with Crippen molar-refractivity contribution in [2.75, 3.05) is 0 Å². The van der Waals surface area contributed by atoms with E-state index in [0.29, 0.717) is 0 Å². The summed E-state index contributed by atoms with van der Waals surface area (Å²) in [4.78, 5) is 10.6. The monoisotopic (exact) mass is 206 g/mol. The number of carbonyl (C=O) groups excluding carboxylic acids is 1. The largest absolute Gasteiger partial charge is 0.295 e. The lowest BCUT2D eigenvalue weighted by Crippen LogP contribution is -1.80. The van der Waals surface area contributed by atoms with Crippen LogP contribution < -0.4 is 0 Å². The van der Waals surface area contributed by atoms with E-state index in [4.69, 9.17) is 0 Å². The summed E-state index contributed by atoms with van der Waals surface area (Å²) in [5, 5.41) is 0. The maximum absolute atomic E-state index is 10.6. The molecule has 0 amide bonds. The minimum Gasteiger partial charge on any atom is -0.295 e. The minimum atomic E-state index is 0.0979. The summed E-state index contributed by atoms with van der Waals surface area (Å²) in [7, 11) is 0. The average Bonchev–Trinajstić information content (AvgIpc) is 2.17. The lowest BCUT2D eigenvalue weighted by molar-refractivity contribution is -0.112. The molecule has 15 heavy (non-hydrogen) atoms.